The van der Waals surface area contributed by atoms with Crippen LogP contribution in [-0.2, 0) is 11.3 Å². The molecule has 1 aromatic carbocycles. The van der Waals surface area contributed by atoms with Gasteiger partial charge in [0.1, 0.15) is 5.82 Å². The molecule has 1 heterocycles. The fraction of sp³-hybridized carbons (Fsp3) is 0.571. The molecule has 28 heavy (non-hydrogen) atoms. The summed E-state index contributed by atoms with van der Waals surface area (Å²) in [6, 6.07) is 4.87. The van der Waals surface area contributed by atoms with Crippen LogP contribution in [0, 0.1) is 12.7 Å². The maximum absolute atomic E-state index is 13.8. The maximum Gasteiger partial charge on any atom is 0.242 e. The van der Waals surface area contributed by atoms with Gasteiger partial charge in [-0.1, -0.05) is 36.6 Å². The first-order chi connectivity index (χ1) is 13.5. The predicted octanol–water partition coefficient (Wildman–Crippen LogP) is 3.85. The van der Waals surface area contributed by atoms with Crippen LogP contribution in [0.5, 0.6) is 0 Å². The number of amides is 1. The summed E-state index contributed by atoms with van der Waals surface area (Å²) in [7, 11) is 0. The highest BCUT2D eigenvalue weighted by molar-refractivity contribution is 5.86. The SMILES string of the molecule is CCN(CC)C(=O)C1(NCc2nc(-c3ccc(C)c(F)c3)no2)CCCCC1. The summed E-state index contributed by atoms with van der Waals surface area (Å²) in [4.78, 5) is 19.4. The molecule has 0 radical (unpaired) electrons. The van der Waals surface area contributed by atoms with E-state index in [9.17, 15) is 9.18 Å². The zero-order valence-corrected chi connectivity index (χ0v) is 16.9. The molecule has 1 aromatic heterocycles. The first-order valence-corrected chi connectivity index (χ1v) is 10.1. The van der Waals surface area contributed by atoms with E-state index in [1.54, 1.807) is 19.1 Å². The van der Waals surface area contributed by atoms with Gasteiger partial charge in [-0.25, -0.2) is 4.39 Å². The first-order valence-electron chi connectivity index (χ1n) is 10.1. The minimum absolute atomic E-state index is 0.151. The zero-order chi connectivity index (χ0) is 20.1. The fourth-order valence-corrected chi connectivity index (χ4v) is 3.86. The normalized spacial score (nSPS) is 16.1. The molecule has 0 saturated heterocycles. The number of nitrogens with one attached hydrogen (secondary N) is 1. The summed E-state index contributed by atoms with van der Waals surface area (Å²) in [5.41, 5.74) is 0.572. The number of aromatic nitrogens is 2. The Hall–Kier alpha value is -2.28. The molecule has 0 spiro atoms. The lowest BCUT2D eigenvalue weighted by Gasteiger charge is -2.39. The van der Waals surface area contributed by atoms with E-state index in [-0.39, 0.29) is 11.7 Å². The highest BCUT2D eigenvalue weighted by Crippen LogP contribution is 2.30. The van der Waals surface area contributed by atoms with Crippen molar-refractivity contribution in [1.82, 2.24) is 20.4 Å². The largest absolute Gasteiger partial charge is 0.342 e. The molecule has 7 heteroatoms. The van der Waals surface area contributed by atoms with Gasteiger partial charge in [0.05, 0.1) is 12.1 Å². The summed E-state index contributed by atoms with van der Waals surface area (Å²) in [6.07, 6.45) is 4.83. The second kappa shape index (κ2) is 8.82. The number of carbonyl (C=O) groups excluding carboxylic acids is 1. The molecule has 2 aromatic rings. The molecule has 1 N–H and O–H groups in total. The van der Waals surface area contributed by atoms with Crippen LogP contribution in [0.2, 0.25) is 0 Å². The monoisotopic (exact) mass is 388 g/mol. The number of aryl methyl sites for hydroxylation is 1. The van der Waals surface area contributed by atoms with E-state index >= 15 is 0 Å². The van der Waals surface area contributed by atoms with Crippen molar-refractivity contribution < 1.29 is 13.7 Å². The number of hydrogen-bond acceptors (Lipinski definition) is 5. The molecular weight excluding hydrogens is 359 g/mol. The van der Waals surface area contributed by atoms with Crippen LogP contribution in [0.25, 0.3) is 11.4 Å². The lowest BCUT2D eigenvalue weighted by Crippen LogP contribution is -2.58. The highest BCUT2D eigenvalue weighted by atomic mass is 19.1. The van der Waals surface area contributed by atoms with Gasteiger partial charge in [0, 0.05) is 18.7 Å². The quantitative estimate of drug-likeness (QED) is 0.780. The minimum Gasteiger partial charge on any atom is -0.342 e. The summed E-state index contributed by atoms with van der Waals surface area (Å²) >= 11 is 0. The van der Waals surface area contributed by atoms with E-state index in [4.69, 9.17) is 4.52 Å². The van der Waals surface area contributed by atoms with E-state index in [0.717, 1.165) is 32.1 Å². The Bertz CT molecular complexity index is 810. The molecule has 1 aliphatic rings. The van der Waals surface area contributed by atoms with Crippen molar-refractivity contribution in [2.45, 2.75) is 65.0 Å². The minimum atomic E-state index is -0.575. The van der Waals surface area contributed by atoms with Gasteiger partial charge in [0.15, 0.2) is 0 Å². The molecular formula is C21H29FN4O2. The molecule has 1 amide bonds. The molecule has 0 unspecified atom stereocenters. The third-order valence-electron chi connectivity index (χ3n) is 5.64. The Kier molecular flexibility index (Phi) is 6.44. The van der Waals surface area contributed by atoms with Gasteiger partial charge in [-0.3, -0.25) is 10.1 Å². The molecule has 1 saturated carbocycles. The van der Waals surface area contributed by atoms with Crippen molar-refractivity contribution in [3.05, 3.63) is 35.5 Å². The Morgan fingerprint density at radius 2 is 1.96 bits per heavy atom. The molecule has 6 nitrogen and oxygen atoms in total. The molecule has 0 aliphatic heterocycles. The van der Waals surface area contributed by atoms with Crippen LogP contribution in [-0.4, -0.2) is 39.6 Å². The first kappa shape index (κ1) is 20.5. The van der Waals surface area contributed by atoms with Gasteiger partial charge in [-0.2, -0.15) is 4.98 Å². The number of carbonyl (C=O) groups is 1. The van der Waals surface area contributed by atoms with Crippen molar-refractivity contribution in [2.75, 3.05) is 13.1 Å². The summed E-state index contributed by atoms with van der Waals surface area (Å²) in [5.74, 6) is 0.599. The number of benzene rings is 1. The van der Waals surface area contributed by atoms with Crippen LogP contribution in [0.3, 0.4) is 0 Å². The Morgan fingerprint density at radius 1 is 1.25 bits per heavy atom. The van der Waals surface area contributed by atoms with Gasteiger partial charge in [0.2, 0.25) is 17.6 Å². The predicted molar refractivity (Wildman–Crippen MR) is 105 cm³/mol. The number of halogens is 1. The van der Waals surface area contributed by atoms with Crippen LogP contribution < -0.4 is 5.32 Å². The second-order valence-electron chi connectivity index (χ2n) is 7.45. The third-order valence-corrected chi connectivity index (χ3v) is 5.64. The number of rotatable bonds is 7. The van der Waals surface area contributed by atoms with Gasteiger partial charge < -0.3 is 9.42 Å². The average molecular weight is 388 g/mol. The lowest BCUT2D eigenvalue weighted by molar-refractivity contribution is -0.139. The van der Waals surface area contributed by atoms with Crippen LogP contribution in [0.4, 0.5) is 4.39 Å². The number of nitrogens with zero attached hydrogens (tertiary/aromatic N) is 3. The van der Waals surface area contributed by atoms with Crippen molar-refractivity contribution in [2.24, 2.45) is 0 Å². The van der Waals surface area contributed by atoms with Gasteiger partial charge in [0.25, 0.3) is 0 Å². The maximum atomic E-state index is 13.8. The molecule has 1 aliphatic carbocycles. The number of likely N-dealkylation sites (N-methyl/N-ethyl adjacent to an activating group) is 1. The summed E-state index contributed by atoms with van der Waals surface area (Å²) in [5, 5.41) is 7.39. The van der Waals surface area contributed by atoms with Crippen molar-refractivity contribution >= 4 is 5.91 Å². The van der Waals surface area contributed by atoms with Crippen molar-refractivity contribution in [1.29, 1.82) is 0 Å². The second-order valence-corrected chi connectivity index (χ2v) is 7.45. The van der Waals surface area contributed by atoms with Gasteiger partial charge >= 0.3 is 0 Å². The zero-order valence-electron chi connectivity index (χ0n) is 16.9. The molecule has 152 valence electrons. The molecule has 0 atom stereocenters. The van der Waals surface area contributed by atoms with E-state index in [1.165, 1.54) is 6.07 Å². The van der Waals surface area contributed by atoms with Crippen LogP contribution in [0.15, 0.2) is 22.7 Å². The summed E-state index contributed by atoms with van der Waals surface area (Å²) < 4.78 is 19.2. The van der Waals surface area contributed by atoms with Gasteiger partial charge in [-0.05, 0) is 45.2 Å². The van der Waals surface area contributed by atoms with Crippen LogP contribution >= 0.6 is 0 Å². The van der Waals surface area contributed by atoms with Crippen molar-refractivity contribution in [3.63, 3.8) is 0 Å². The standard InChI is InChI=1S/C21H29FN4O2/c1-4-26(5-2)20(27)21(11-7-6-8-12-21)23-14-18-24-19(25-28-18)16-10-9-15(3)17(22)13-16/h9-10,13,23H,4-8,11-12,14H2,1-3H3. The lowest BCUT2D eigenvalue weighted by atomic mass is 9.80. The Labute approximate surface area is 165 Å². The van der Waals surface area contributed by atoms with E-state index < -0.39 is 5.54 Å². The Balaban J connectivity index is 1.74. The average Bonchev–Trinajstić information content (AvgIpc) is 3.19. The van der Waals surface area contributed by atoms with Crippen molar-refractivity contribution in [3.8, 4) is 11.4 Å². The molecule has 3 rings (SSSR count). The topological polar surface area (TPSA) is 71.3 Å². The van der Waals surface area contributed by atoms with E-state index in [2.05, 4.69) is 15.5 Å². The highest BCUT2D eigenvalue weighted by Gasteiger charge is 2.41. The van der Waals surface area contributed by atoms with E-state index in [1.807, 2.05) is 18.7 Å². The summed E-state index contributed by atoms with van der Waals surface area (Å²) in [6.45, 7) is 7.42. The molecule has 0 bridgehead atoms. The molecule has 1 fully saturated rings. The smallest absolute Gasteiger partial charge is 0.242 e. The van der Waals surface area contributed by atoms with Crippen LogP contribution in [0.1, 0.15) is 57.4 Å². The van der Waals surface area contributed by atoms with Gasteiger partial charge in [-0.15, -0.1) is 0 Å². The third kappa shape index (κ3) is 4.24. The Morgan fingerprint density at radius 3 is 2.61 bits per heavy atom. The fourth-order valence-electron chi connectivity index (χ4n) is 3.86. The number of hydrogen-bond donors (Lipinski definition) is 1. The van der Waals surface area contributed by atoms with E-state index in [0.29, 0.717) is 42.5 Å².